The number of pyridine rings is 1. The largest absolute Gasteiger partial charge is 0.396 e. The third kappa shape index (κ3) is 2.54. The first-order valence-corrected chi connectivity index (χ1v) is 6.01. The molecule has 2 heterocycles. The maximum atomic E-state index is 8.96. The van der Waals surface area contributed by atoms with Gasteiger partial charge in [0.25, 0.3) is 0 Å². The normalized spacial score (nSPS) is 22.6. The van der Waals surface area contributed by atoms with Crippen LogP contribution in [0.1, 0.15) is 26.5 Å². The second-order valence-electron chi connectivity index (χ2n) is 5.29. The Morgan fingerprint density at radius 1 is 1.56 bits per heavy atom. The fourth-order valence-corrected chi connectivity index (χ4v) is 2.35. The summed E-state index contributed by atoms with van der Waals surface area (Å²) in [5, 5.41) is 8.96. The van der Waals surface area contributed by atoms with Crippen molar-refractivity contribution >= 4 is 11.5 Å². The molecule has 0 amide bonds. The van der Waals surface area contributed by atoms with Crippen molar-refractivity contribution in [3.05, 3.63) is 17.8 Å². The fourth-order valence-electron chi connectivity index (χ4n) is 2.35. The number of nitrogen functional groups attached to an aromatic ring is 1. The molecule has 1 atom stereocenters. The smallest absolute Gasteiger partial charge is 0.165 e. The number of nitriles is 1. The lowest BCUT2D eigenvalue weighted by molar-refractivity contribution is -0.0751. The van der Waals surface area contributed by atoms with Crippen molar-refractivity contribution in [2.24, 2.45) is 0 Å². The van der Waals surface area contributed by atoms with E-state index in [1.54, 1.807) is 6.07 Å². The average molecular weight is 246 g/mol. The monoisotopic (exact) mass is 246 g/mol. The predicted molar refractivity (Wildman–Crippen MR) is 70.2 cm³/mol. The van der Waals surface area contributed by atoms with E-state index in [-0.39, 0.29) is 17.4 Å². The van der Waals surface area contributed by atoms with Crippen molar-refractivity contribution in [2.75, 3.05) is 23.7 Å². The van der Waals surface area contributed by atoms with Crippen LogP contribution < -0.4 is 10.6 Å². The number of morpholine rings is 1. The zero-order valence-electron chi connectivity index (χ0n) is 11.0. The summed E-state index contributed by atoms with van der Waals surface area (Å²) in [6, 6.07) is 5.59. The van der Waals surface area contributed by atoms with Gasteiger partial charge in [0.05, 0.1) is 17.4 Å². The molecular weight excluding hydrogens is 228 g/mol. The van der Waals surface area contributed by atoms with Crippen LogP contribution in [0.2, 0.25) is 0 Å². The molecular formula is C13H18N4O. The van der Waals surface area contributed by atoms with Gasteiger partial charge in [-0.1, -0.05) is 0 Å². The first-order valence-electron chi connectivity index (χ1n) is 6.01. The quantitative estimate of drug-likeness (QED) is 0.813. The molecule has 0 bridgehead atoms. The van der Waals surface area contributed by atoms with E-state index in [1.807, 2.05) is 19.1 Å². The van der Waals surface area contributed by atoms with E-state index in [2.05, 4.69) is 23.7 Å². The molecule has 0 aromatic carbocycles. The van der Waals surface area contributed by atoms with Crippen molar-refractivity contribution in [1.29, 1.82) is 5.26 Å². The minimum absolute atomic E-state index is 0.138. The highest BCUT2D eigenvalue weighted by Gasteiger charge is 2.32. The van der Waals surface area contributed by atoms with Gasteiger partial charge in [-0.3, -0.25) is 0 Å². The van der Waals surface area contributed by atoms with Gasteiger partial charge in [-0.15, -0.1) is 0 Å². The topological polar surface area (TPSA) is 75.2 Å². The van der Waals surface area contributed by atoms with Gasteiger partial charge >= 0.3 is 0 Å². The first kappa shape index (κ1) is 12.7. The summed E-state index contributed by atoms with van der Waals surface area (Å²) in [6.45, 7) is 7.66. The van der Waals surface area contributed by atoms with Crippen LogP contribution in [0.4, 0.5) is 11.5 Å². The molecule has 0 aliphatic carbocycles. The highest BCUT2D eigenvalue weighted by Crippen LogP contribution is 2.25. The number of rotatable bonds is 1. The van der Waals surface area contributed by atoms with Gasteiger partial charge in [0.1, 0.15) is 11.9 Å². The van der Waals surface area contributed by atoms with Gasteiger partial charge in [0, 0.05) is 13.1 Å². The highest BCUT2D eigenvalue weighted by molar-refractivity contribution is 5.55. The predicted octanol–water partition coefficient (Wildman–Crippen LogP) is 1.54. The van der Waals surface area contributed by atoms with Gasteiger partial charge in [0.2, 0.25) is 0 Å². The third-order valence-corrected chi connectivity index (χ3v) is 2.91. The molecule has 5 nitrogen and oxygen atoms in total. The van der Waals surface area contributed by atoms with E-state index in [0.29, 0.717) is 5.69 Å². The molecule has 0 spiro atoms. The second-order valence-corrected chi connectivity index (χ2v) is 5.29. The van der Waals surface area contributed by atoms with Crippen LogP contribution in [-0.2, 0) is 4.74 Å². The number of hydrogen-bond acceptors (Lipinski definition) is 5. The van der Waals surface area contributed by atoms with Crippen LogP contribution in [0.5, 0.6) is 0 Å². The maximum absolute atomic E-state index is 8.96. The number of anilines is 2. The standard InChI is InChI=1S/C13H18N4O/c1-9-7-17(8-13(2,3)18-9)12-5-4-10(15)11(6-14)16-12/h4-5,9H,7-8,15H2,1-3H3. The maximum Gasteiger partial charge on any atom is 0.165 e. The van der Waals surface area contributed by atoms with Gasteiger partial charge in [0.15, 0.2) is 5.69 Å². The lowest BCUT2D eigenvalue weighted by Gasteiger charge is -2.42. The number of nitrogens with two attached hydrogens (primary N) is 1. The Kier molecular flexibility index (Phi) is 3.14. The Morgan fingerprint density at radius 3 is 2.89 bits per heavy atom. The Morgan fingerprint density at radius 2 is 2.28 bits per heavy atom. The van der Waals surface area contributed by atoms with E-state index in [9.17, 15) is 0 Å². The van der Waals surface area contributed by atoms with Crippen LogP contribution in [0, 0.1) is 11.3 Å². The van der Waals surface area contributed by atoms with E-state index >= 15 is 0 Å². The third-order valence-electron chi connectivity index (χ3n) is 2.91. The molecule has 5 heteroatoms. The molecule has 1 aliphatic rings. The molecule has 2 rings (SSSR count). The van der Waals surface area contributed by atoms with E-state index in [4.69, 9.17) is 15.7 Å². The molecule has 1 saturated heterocycles. The highest BCUT2D eigenvalue weighted by atomic mass is 16.5. The lowest BCUT2D eigenvalue weighted by atomic mass is 10.1. The Balaban J connectivity index is 2.29. The van der Waals surface area contributed by atoms with E-state index < -0.39 is 0 Å². The molecule has 1 unspecified atom stereocenters. The molecule has 96 valence electrons. The zero-order chi connectivity index (χ0) is 13.3. The molecule has 0 radical (unpaired) electrons. The van der Waals surface area contributed by atoms with E-state index in [1.165, 1.54) is 0 Å². The molecule has 1 fully saturated rings. The van der Waals surface area contributed by atoms with Crippen molar-refractivity contribution < 1.29 is 4.74 Å². The minimum atomic E-state index is -0.215. The summed E-state index contributed by atoms with van der Waals surface area (Å²) in [5.74, 6) is 0.781. The number of aromatic nitrogens is 1. The SMILES string of the molecule is CC1CN(c2ccc(N)c(C#N)n2)CC(C)(C)O1. The van der Waals surface area contributed by atoms with Crippen LogP contribution >= 0.6 is 0 Å². The van der Waals surface area contributed by atoms with E-state index in [0.717, 1.165) is 18.9 Å². The zero-order valence-corrected chi connectivity index (χ0v) is 11.0. The van der Waals surface area contributed by atoms with Gasteiger partial charge < -0.3 is 15.4 Å². The number of nitrogens with zero attached hydrogens (tertiary/aromatic N) is 3. The molecule has 1 aromatic rings. The van der Waals surface area contributed by atoms with Crippen LogP contribution in [0.15, 0.2) is 12.1 Å². The molecule has 1 aromatic heterocycles. The van der Waals surface area contributed by atoms with Gasteiger partial charge in [-0.2, -0.15) is 5.26 Å². The summed E-state index contributed by atoms with van der Waals surface area (Å²) < 4.78 is 5.85. The molecule has 2 N–H and O–H groups in total. The van der Waals surface area contributed by atoms with Gasteiger partial charge in [-0.05, 0) is 32.9 Å². The summed E-state index contributed by atoms with van der Waals surface area (Å²) in [6.07, 6.45) is 0.138. The van der Waals surface area contributed by atoms with Crippen LogP contribution in [0.3, 0.4) is 0 Å². The average Bonchev–Trinajstić information content (AvgIpc) is 2.27. The van der Waals surface area contributed by atoms with Crippen molar-refractivity contribution in [3.8, 4) is 6.07 Å². The van der Waals surface area contributed by atoms with Crippen molar-refractivity contribution in [1.82, 2.24) is 4.98 Å². The van der Waals surface area contributed by atoms with Crippen LogP contribution in [0.25, 0.3) is 0 Å². The Labute approximate surface area is 107 Å². The fraction of sp³-hybridized carbons (Fsp3) is 0.538. The Hall–Kier alpha value is -1.80. The Bertz CT molecular complexity index is 492. The first-order chi connectivity index (χ1) is 8.41. The molecule has 1 aliphatic heterocycles. The number of hydrogen-bond donors (Lipinski definition) is 1. The summed E-state index contributed by atoms with van der Waals surface area (Å²) in [7, 11) is 0. The van der Waals surface area contributed by atoms with Gasteiger partial charge in [-0.25, -0.2) is 4.98 Å². The van der Waals surface area contributed by atoms with Crippen molar-refractivity contribution in [3.63, 3.8) is 0 Å². The van der Waals surface area contributed by atoms with Crippen LogP contribution in [-0.4, -0.2) is 29.8 Å². The second kappa shape index (κ2) is 4.46. The summed E-state index contributed by atoms with van der Waals surface area (Å²) >= 11 is 0. The van der Waals surface area contributed by atoms with Crippen molar-refractivity contribution in [2.45, 2.75) is 32.5 Å². The summed E-state index contributed by atoms with van der Waals surface area (Å²) in [4.78, 5) is 6.43. The summed E-state index contributed by atoms with van der Waals surface area (Å²) in [5.41, 5.74) is 6.17. The minimum Gasteiger partial charge on any atom is -0.396 e. The lowest BCUT2D eigenvalue weighted by Crippen LogP contribution is -2.52. The number of ether oxygens (including phenoxy) is 1. The molecule has 18 heavy (non-hydrogen) atoms. The molecule has 0 saturated carbocycles.